The van der Waals surface area contributed by atoms with Gasteiger partial charge in [0.2, 0.25) is 5.91 Å². The van der Waals surface area contributed by atoms with Gasteiger partial charge in [0.25, 0.3) is 0 Å². The van der Waals surface area contributed by atoms with Gasteiger partial charge < -0.3 is 9.88 Å². The van der Waals surface area contributed by atoms with Gasteiger partial charge in [-0.25, -0.2) is 9.67 Å². The lowest BCUT2D eigenvalue weighted by Crippen LogP contribution is -2.35. The number of carbonyl (C=O) groups is 1. The molecule has 0 unspecified atom stereocenters. The summed E-state index contributed by atoms with van der Waals surface area (Å²) in [6, 6.07) is 16.9. The number of nitrogens with zero attached hydrogens (tertiary/aromatic N) is 6. The lowest BCUT2D eigenvalue weighted by atomic mass is 10.1. The van der Waals surface area contributed by atoms with Gasteiger partial charge >= 0.3 is 0 Å². The Balaban J connectivity index is 1.52. The second-order valence-electron chi connectivity index (χ2n) is 7.16. The van der Waals surface area contributed by atoms with Crippen molar-refractivity contribution in [2.75, 3.05) is 6.54 Å². The SMILES string of the molecule is CC(C)c1nc2ccccc2n1CCNC(=O)[C@@H](c1ccccc1)n1cnnn1. The summed E-state index contributed by atoms with van der Waals surface area (Å²) in [7, 11) is 0. The number of imidazole rings is 1. The molecule has 2 heterocycles. The summed E-state index contributed by atoms with van der Waals surface area (Å²) < 4.78 is 3.64. The molecular formula is C21H23N7O. The van der Waals surface area contributed by atoms with Gasteiger partial charge in [-0.3, -0.25) is 4.79 Å². The summed E-state index contributed by atoms with van der Waals surface area (Å²) >= 11 is 0. The van der Waals surface area contributed by atoms with Crippen LogP contribution in [0.4, 0.5) is 0 Å². The molecule has 1 amide bonds. The summed E-state index contributed by atoms with van der Waals surface area (Å²) in [5.74, 6) is 1.15. The highest BCUT2D eigenvalue weighted by atomic mass is 16.2. The average molecular weight is 389 g/mol. The standard InChI is InChI=1S/C21H23N7O/c1-15(2)20-24-17-10-6-7-11-18(17)27(20)13-12-22-21(29)19(28-14-23-25-26-28)16-8-4-3-5-9-16/h3-11,14-15,19H,12-13H2,1-2H3,(H,22,29)/t19-/m1/s1. The van der Waals surface area contributed by atoms with Gasteiger partial charge in [0, 0.05) is 19.0 Å². The Morgan fingerprint density at radius 1 is 1.07 bits per heavy atom. The molecule has 0 aliphatic rings. The number of amides is 1. The Kier molecular flexibility index (Phi) is 5.33. The molecule has 4 aromatic rings. The number of hydrogen-bond donors (Lipinski definition) is 1. The van der Waals surface area contributed by atoms with E-state index in [-0.39, 0.29) is 11.8 Å². The Morgan fingerprint density at radius 3 is 2.55 bits per heavy atom. The number of rotatable bonds is 7. The van der Waals surface area contributed by atoms with Crippen LogP contribution in [0.3, 0.4) is 0 Å². The Bertz CT molecular complexity index is 1090. The Hall–Kier alpha value is -3.55. The van der Waals surface area contributed by atoms with Crippen LogP contribution in [0.25, 0.3) is 11.0 Å². The van der Waals surface area contributed by atoms with Gasteiger partial charge in [-0.1, -0.05) is 56.3 Å². The van der Waals surface area contributed by atoms with E-state index in [1.54, 1.807) is 0 Å². The summed E-state index contributed by atoms with van der Waals surface area (Å²) in [5, 5.41) is 14.3. The van der Waals surface area contributed by atoms with E-state index < -0.39 is 6.04 Å². The Labute approximate surface area is 168 Å². The highest BCUT2D eigenvalue weighted by Crippen LogP contribution is 2.21. The topological polar surface area (TPSA) is 90.5 Å². The van der Waals surface area contributed by atoms with Gasteiger partial charge in [0.1, 0.15) is 12.2 Å². The first kappa shape index (κ1) is 18.8. The molecule has 0 bridgehead atoms. The Morgan fingerprint density at radius 2 is 1.83 bits per heavy atom. The van der Waals surface area contributed by atoms with Gasteiger partial charge in [-0.2, -0.15) is 0 Å². The number of carbonyl (C=O) groups excluding carboxylic acids is 1. The quantitative estimate of drug-likeness (QED) is 0.525. The molecule has 1 N–H and O–H groups in total. The maximum absolute atomic E-state index is 13.0. The second-order valence-corrected chi connectivity index (χ2v) is 7.16. The molecule has 4 rings (SSSR count). The molecule has 148 valence electrons. The highest BCUT2D eigenvalue weighted by Gasteiger charge is 2.23. The minimum absolute atomic E-state index is 0.154. The second kappa shape index (κ2) is 8.22. The van der Waals surface area contributed by atoms with E-state index in [9.17, 15) is 4.79 Å². The molecular weight excluding hydrogens is 366 g/mol. The van der Waals surface area contributed by atoms with Crippen LogP contribution in [-0.4, -0.2) is 42.2 Å². The zero-order valence-corrected chi connectivity index (χ0v) is 16.4. The van der Waals surface area contributed by atoms with Crippen LogP contribution in [0.5, 0.6) is 0 Å². The number of hydrogen-bond acceptors (Lipinski definition) is 5. The molecule has 0 spiro atoms. The van der Waals surface area contributed by atoms with Gasteiger partial charge in [0.05, 0.1) is 11.0 Å². The normalized spacial score (nSPS) is 12.4. The number of para-hydroxylation sites is 2. The van der Waals surface area contributed by atoms with E-state index in [4.69, 9.17) is 4.98 Å². The minimum Gasteiger partial charge on any atom is -0.352 e. The summed E-state index contributed by atoms with van der Waals surface area (Å²) in [4.78, 5) is 17.8. The third-order valence-corrected chi connectivity index (χ3v) is 4.83. The van der Waals surface area contributed by atoms with E-state index in [0.717, 1.165) is 22.4 Å². The number of nitrogens with one attached hydrogen (secondary N) is 1. The smallest absolute Gasteiger partial charge is 0.249 e. The van der Waals surface area contributed by atoms with E-state index in [1.807, 2.05) is 48.5 Å². The van der Waals surface area contributed by atoms with E-state index in [1.165, 1.54) is 11.0 Å². The number of benzene rings is 2. The molecule has 0 fully saturated rings. The largest absolute Gasteiger partial charge is 0.352 e. The van der Waals surface area contributed by atoms with Crippen LogP contribution in [0, 0.1) is 0 Å². The number of tetrazole rings is 1. The molecule has 2 aromatic carbocycles. The van der Waals surface area contributed by atoms with Crippen LogP contribution >= 0.6 is 0 Å². The van der Waals surface area contributed by atoms with Crippen LogP contribution in [0.2, 0.25) is 0 Å². The zero-order chi connectivity index (χ0) is 20.2. The van der Waals surface area contributed by atoms with Gasteiger partial charge in [-0.05, 0) is 28.1 Å². The summed E-state index contributed by atoms with van der Waals surface area (Å²) in [5.41, 5.74) is 2.87. The number of aromatic nitrogens is 6. The molecule has 8 heteroatoms. The third kappa shape index (κ3) is 3.87. The monoisotopic (exact) mass is 389 g/mol. The van der Waals surface area contributed by atoms with Crippen molar-refractivity contribution in [2.24, 2.45) is 0 Å². The van der Waals surface area contributed by atoms with Crippen molar-refractivity contribution in [3.8, 4) is 0 Å². The first-order valence-electron chi connectivity index (χ1n) is 9.65. The van der Waals surface area contributed by atoms with E-state index in [2.05, 4.69) is 45.3 Å². The number of fused-ring (bicyclic) bond motifs is 1. The molecule has 1 atom stereocenters. The van der Waals surface area contributed by atoms with Crippen LogP contribution in [0.1, 0.15) is 37.2 Å². The first-order chi connectivity index (χ1) is 14.1. The van der Waals surface area contributed by atoms with Gasteiger partial charge in [-0.15, -0.1) is 5.10 Å². The molecule has 2 aromatic heterocycles. The summed E-state index contributed by atoms with van der Waals surface area (Å²) in [6.07, 6.45) is 1.46. The molecule has 0 aliphatic carbocycles. The van der Waals surface area contributed by atoms with Crippen molar-refractivity contribution in [3.63, 3.8) is 0 Å². The predicted molar refractivity (Wildman–Crippen MR) is 109 cm³/mol. The van der Waals surface area contributed by atoms with Crippen molar-refractivity contribution in [1.82, 2.24) is 35.1 Å². The molecule has 0 saturated heterocycles. The molecule has 29 heavy (non-hydrogen) atoms. The molecule has 8 nitrogen and oxygen atoms in total. The fraction of sp³-hybridized carbons (Fsp3) is 0.286. The van der Waals surface area contributed by atoms with Crippen molar-refractivity contribution in [1.29, 1.82) is 0 Å². The van der Waals surface area contributed by atoms with E-state index >= 15 is 0 Å². The first-order valence-corrected chi connectivity index (χ1v) is 9.65. The van der Waals surface area contributed by atoms with Crippen LogP contribution < -0.4 is 5.32 Å². The molecule has 0 saturated carbocycles. The van der Waals surface area contributed by atoms with Gasteiger partial charge in [0.15, 0.2) is 6.04 Å². The lowest BCUT2D eigenvalue weighted by Gasteiger charge is -2.17. The van der Waals surface area contributed by atoms with E-state index in [0.29, 0.717) is 13.1 Å². The minimum atomic E-state index is -0.615. The maximum atomic E-state index is 13.0. The molecule has 0 aliphatic heterocycles. The zero-order valence-electron chi connectivity index (χ0n) is 16.4. The van der Waals surface area contributed by atoms with Crippen molar-refractivity contribution in [3.05, 3.63) is 72.3 Å². The van der Waals surface area contributed by atoms with Crippen LogP contribution in [0.15, 0.2) is 60.9 Å². The van der Waals surface area contributed by atoms with Crippen molar-refractivity contribution < 1.29 is 4.79 Å². The van der Waals surface area contributed by atoms with Crippen molar-refractivity contribution in [2.45, 2.75) is 32.4 Å². The average Bonchev–Trinajstić information content (AvgIpc) is 3.38. The summed E-state index contributed by atoms with van der Waals surface area (Å²) in [6.45, 7) is 5.36. The lowest BCUT2D eigenvalue weighted by molar-refractivity contribution is -0.123. The fourth-order valence-electron chi connectivity index (χ4n) is 3.50. The van der Waals surface area contributed by atoms with Crippen molar-refractivity contribution >= 4 is 16.9 Å². The highest BCUT2D eigenvalue weighted by molar-refractivity contribution is 5.83. The maximum Gasteiger partial charge on any atom is 0.249 e. The predicted octanol–water partition coefficient (Wildman–Crippen LogP) is 2.55. The van der Waals surface area contributed by atoms with Crippen LogP contribution in [-0.2, 0) is 11.3 Å². The third-order valence-electron chi connectivity index (χ3n) is 4.83. The molecule has 0 radical (unpaired) electrons. The fourth-order valence-corrected chi connectivity index (χ4v) is 3.50.